The number of aromatic nitrogens is 3. The molecule has 1 N–H and O–H groups in total. The summed E-state index contributed by atoms with van der Waals surface area (Å²) in [7, 11) is 0. The molecular weight excluding hydrogens is 388 g/mol. The third kappa shape index (κ3) is 4.99. The molecule has 0 unspecified atom stereocenters. The van der Waals surface area contributed by atoms with Crippen LogP contribution in [0.25, 0.3) is 10.2 Å². The molecule has 5 nitrogen and oxygen atoms in total. The van der Waals surface area contributed by atoms with Crippen molar-refractivity contribution in [2.24, 2.45) is 0 Å². The number of nitrogens with zero attached hydrogens (tertiary/aromatic N) is 3. The zero-order valence-electron chi connectivity index (χ0n) is 15.2. The summed E-state index contributed by atoms with van der Waals surface area (Å²) in [6.45, 7) is 1.30. The minimum Gasteiger partial charge on any atom is -0.351 e. The van der Waals surface area contributed by atoms with Gasteiger partial charge in [-0.3, -0.25) is 9.48 Å². The highest BCUT2D eigenvalue weighted by molar-refractivity contribution is 7.99. The highest BCUT2D eigenvalue weighted by Gasteiger charge is 2.06. The summed E-state index contributed by atoms with van der Waals surface area (Å²) in [5.74, 6) is 1.24. The van der Waals surface area contributed by atoms with Gasteiger partial charge in [0.1, 0.15) is 5.01 Å². The van der Waals surface area contributed by atoms with Crippen LogP contribution in [0.1, 0.15) is 16.1 Å². The Balaban J connectivity index is 1.19. The minimum absolute atomic E-state index is 0.0479. The summed E-state index contributed by atoms with van der Waals surface area (Å²) in [5, 5.41) is 8.25. The van der Waals surface area contributed by atoms with Crippen LogP contribution in [0, 0.1) is 0 Å². The molecule has 0 saturated carbocycles. The molecule has 0 fully saturated rings. The first-order valence-corrected chi connectivity index (χ1v) is 11.0. The number of hydrogen-bond donors (Lipinski definition) is 1. The Morgan fingerprint density at radius 2 is 1.89 bits per heavy atom. The molecule has 0 aliphatic rings. The van der Waals surface area contributed by atoms with Crippen molar-refractivity contribution in [3.8, 4) is 0 Å². The molecule has 0 bridgehead atoms. The van der Waals surface area contributed by atoms with Crippen molar-refractivity contribution in [2.75, 3.05) is 5.75 Å². The number of fused-ring (bicyclic) bond motifs is 1. The molecule has 0 aliphatic heterocycles. The summed E-state index contributed by atoms with van der Waals surface area (Å²) in [6, 6.07) is 18.3. The summed E-state index contributed by atoms with van der Waals surface area (Å²) in [5.41, 5.74) is 3.31. The van der Waals surface area contributed by atoms with Crippen LogP contribution in [0.5, 0.6) is 0 Å². The van der Waals surface area contributed by atoms with Crippen LogP contribution < -0.4 is 5.32 Å². The Bertz CT molecular complexity index is 1010. The number of thiazole rings is 1. The number of benzene rings is 2. The second-order valence-corrected chi connectivity index (χ2v) is 8.47. The van der Waals surface area contributed by atoms with Crippen molar-refractivity contribution in [1.29, 1.82) is 0 Å². The molecule has 7 heteroatoms. The van der Waals surface area contributed by atoms with Crippen LogP contribution in [0.4, 0.5) is 0 Å². The van der Waals surface area contributed by atoms with Crippen LogP contribution in [0.3, 0.4) is 0 Å². The summed E-state index contributed by atoms with van der Waals surface area (Å²) < 4.78 is 3.08. The lowest BCUT2D eigenvalue weighted by atomic mass is 10.1. The van der Waals surface area contributed by atoms with Crippen LogP contribution >= 0.6 is 23.1 Å². The van der Waals surface area contributed by atoms with Crippen molar-refractivity contribution >= 4 is 39.2 Å². The van der Waals surface area contributed by atoms with Crippen molar-refractivity contribution in [1.82, 2.24) is 20.1 Å². The predicted molar refractivity (Wildman–Crippen MR) is 115 cm³/mol. The van der Waals surface area contributed by atoms with Gasteiger partial charge in [0.05, 0.1) is 22.5 Å². The third-order valence-electron chi connectivity index (χ3n) is 4.21. The normalized spacial score (nSPS) is 11.0. The maximum Gasteiger partial charge on any atom is 0.230 e. The number of carbonyl (C=O) groups excluding carboxylic acids is 1. The van der Waals surface area contributed by atoms with E-state index < -0.39 is 0 Å². The minimum atomic E-state index is 0.0479. The second-order valence-electron chi connectivity index (χ2n) is 6.36. The fourth-order valence-electron chi connectivity index (χ4n) is 2.81. The number of carbonyl (C=O) groups is 1. The van der Waals surface area contributed by atoms with Gasteiger partial charge < -0.3 is 5.32 Å². The first-order chi connectivity index (χ1) is 13.8. The molecule has 28 heavy (non-hydrogen) atoms. The van der Waals surface area contributed by atoms with E-state index in [9.17, 15) is 4.79 Å². The lowest BCUT2D eigenvalue weighted by Gasteiger charge is -2.07. The number of thioether (sulfide) groups is 1. The quantitative estimate of drug-likeness (QED) is 0.477. The summed E-state index contributed by atoms with van der Waals surface area (Å²) in [4.78, 5) is 16.7. The maximum absolute atomic E-state index is 12.1. The first kappa shape index (κ1) is 18.7. The molecule has 1 amide bonds. The SMILES string of the molecule is O=C(CSCc1nc2ccccc2s1)NCc1ccc(Cn2cccn2)cc1. The summed E-state index contributed by atoms with van der Waals surface area (Å²) in [6.07, 6.45) is 3.72. The highest BCUT2D eigenvalue weighted by Crippen LogP contribution is 2.24. The van der Waals surface area contributed by atoms with Gasteiger partial charge in [-0.1, -0.05) is 36.4 Å². The molecule has 142 valence electrons. The first-order valence-electron chi connectivity index (χ1n) is 9.00. The molecule has 2 aromatic heterocycles. The molecule has 0 atom stereocenters. The lowest BCUT2D eigenvalue weighted by Crippen LogP contribution is -2.24. The van der Waals surface area contributed by atoms with Gasteiger partial charge in [-0.25, -0.2) is 4.98 Å². The third-order valence-corrected chi connectivity index (χ3v) is 6.38. The molecule has 4 aromatic rings. The van der Waals surface area contributed by atoms with E-state index in [1.165, 1.54) is 10.3 Å². The van der Waals surface area contributed by atoms with E-state index in [0.29, 0.717) is 12.3 Å². The molecule has 0 radical (unpaired) electrons. The second kappa shape index (κ2) is 9.03. The number of hydrogen-bond acceptors (Lipinski definition) is 5. The molecule has 0 spiro atoms. The van der Waals surface area contributed by atoms with Crippen LogP contribution in [0.2, 0.25) is 0 Å². The molecule has 0 saturated heterocycles. The van der Waals surface area contributed by atoms with Gasteiger partial charge in [0.2, 0.25) is 5.91 Å². The molecule has 2 heterocycles. The largest absolute Gasteiger partial charge is 0.351 e. The zero-order valence-corrected chi connectivity index (χ0v) is 16.9. The van der Waals surface area contributed by atoms with E-state index in [2.05, 4.69) is 33.6 Å². The van der Waals surface area contributed by atoms with Gasteiger partial charge in [0.25, 0.3) is 0 Å². The zero-order chi connectivity index (χ0) is 19.2. The summed E-state index contributed by atoms with van der Waals surface area (Å²) >= 11 is 3.29. The Morgan fingerprint density at radius 1 is 1.07 bits per heavy atom. The topological polar surface area (TPSA) is 59.8 Å². The lowest BCUT2D eigenvalue weighted by molar-refractivity contribution is -0.118. The van der Waals surface area contributed by atoms with Crippen molar-refractivity contribution in [2.45, 2.75) is 18.8 Å². The molecule has 4 rings (SSSR count). The number of para-hydroxylation sites is 1. The Morgan fingerprint density at radius 3 is 2.68 bits per heavy atom. The number of amides is 1. The number of rotatable bonds is 8. The van der Waals surface area contributed by atoms with E-state index >= 15 is 0 Å². The highest BCUT2D eigenvalue weighted by atomic mass is 32.2. The van der Waals surface area contributed by atoms with Gasteiger partial charge in [0.15, 0.2) is 0 Å². The van der Waals surface area contributed by atoms with Crippen LogP contribution in [-0.4, -0.2) is 26.4 Å². The van der Waals surface area contributed by atoms with E-state index in [-0.39, 0.29) is 5.91 Å². The molecular formula is C21H20N4OS2. The van der Waals surface area contributed by atoms with Crippen molar-refractivity contribution in [3.05, 3.63) is 83.1 Å². The van der Waals surface area contributed by atoms with Crippen molar-refractivity contribution in [3.63, 3.8) is 0 Å². The fourth-order valence-corrected chi connectivity index (χ4v) is 4.69. The van der Waals surface area contributed by atoms with Gasteiger partial charge in [0, 0.05) is 24.7 Å². The fraction of sp³-hybridized carbons (Fsp3) is 0.190. The van der Waals surface area contributed by atoms with E-state index in [1.807, 2.05) is 47.3 Å². The Kier molecular flexibility index (Phi) is 6.04. The Labute approximate surface area is 171 Å². The van der Waals surface area contributed by atoms with Gasteiger partial charge in [-0.15, -0.1) is 23.1 Å². The predicted octanol–water partition coefficient (Wildman–Crippen LogP) is 4.09. The Hall–Kier alpha value is -2.64. The molecule has 2 aromatic carbocycles. The monoisotopic (exact) mass is 408 g/mol. The standard InChI is InChI=1S/C21H20N4OS2/c26-20(14-27-15-21-24-18-4-1-2-5-19(18)28-21)22-12-16-6-8-17(9-7-16)13-25-11-3-10-23-25/h1-11H,12-15H2,(H,22,26). The molecule has 0 aliphatic carbocycles. The van der Waals surface area contributed by atoms with Crippen molar-refractivity contribution < 1.29 is 4.79 Å². The van der Waals surface area contributed by atoms with E-state index in [1.54, 1.807) is 29.3 Å². The smallest absolute Gasteiger partial charge is 0.230 e. The number of nitrogens with one attached hydrogen (secondary N) is 1. The van der Waals surface area contributed by atoms with Gasteiger partial charge >= 0.3 is 0 Å². The van der Waals surface area contributed by atoms with E-state index in [4.69, 9.17) is 0 Å². The maximum atomic E-state index is 12.1. The average Bonchev–Trinajstić information content (AvgIpc) is 3.36. The van der Waals surface area contributed by atoms with Crippen LogP contribution in [-0.2, 0) is 23.6 Å². The van der Waals surface area contributed by atoms with Gasteiger partial charge in [-0.2, -0.15) is 5.10 Å². The van der Waals surface area contributed by atoms with E-state index in [0.717, 1.165) is 28.4 Å². The van der Waals surface area contributed by atoms with Gasteiger partial charge in [-0.05, 0) is 29.3 Å². The average molecular weight is 409 g/mol. The van der Waals surface area contributed by atoms with Crippen LogP contribution in [0.15, 0.2) is 67.0 Å².